The van der Waals surface area contributed by atoms with Gasteiger partial charge in [-0.3, -0.25) is 0 Å². The molecule has 0 amide bonds. The first-order valence-electron chi connectivity index (χ1n) is 13.0. The number of rotatable bonds is 2. The minimum atomic E-state index is 0. The molecule has 8 rings (SSSR count). The Bertz CT molecular complexity index is 2010. The zero-order valence-electron chi connectivity index (χ0n) is 25.1. The van der Waals surface area contributed by atoms with Crippen LogP contribution in [-0.2, 0) is 12.8 Å². The summed E-state index contributed by atoms with van der Waals surface area (Å²) in [5.41, 5.74) is 8.67. The quantitative estimate of drug-likeness (QED) is 0.192. The van der Waals surface area contributed by atoms with Crippen LogP contribution in [0.4, 0.5) is 16.8 Å². The molecular formula is C29H22BrClN9NaO3S2. The molecule has 0 aliphatic carbocycles. The van der Waals surface area contributed by atoms with Crippen molar-refractivity contribution in [3.05, 3.63) is 91.5 Å². The maximum atomic E-state index is 8.72. The van der Waals surface area contributed by atoms with Crippen molar-refractivity contribution in [2.24, 2.45) is 0 Å². The van der Waals surface area contributed by atoms with E-state index < -0.39 is 0 Å². The van der Waals surface area contributed by atoms with Gasteiger partial charge in [0.05, 0.1) is 31.9 Å². The van der Waals surface area contributed by atoms with Gasteiger partial charge in [-0.1, -0.05) is 34.3 Å². The SMILES string of the molecule is Brc1nccc2ccoc12.N#Cc1cnc(Cl)s1.N#Cc1cnc(Nc2nccc3c2OCC3)s1.Nc1nccc2c1OCC2.[H-].[Na+]. The summed E-state index contributed by atoms with van der Waals surface area (Å²) in [5, 5.41) is 21.7. The number of nitrogens with one attached hydrogen (secondary N) is 1. The number of nitriles is 2. The van der Waals surface area contributed by atoms with Gasteiger partial charge in [-0.15, -0.1) is 0 Å². The molecule has 0 aromatic carbocycles. The summed E-state index contributed by atoms with van der Waals surface area (Å²) < 4.78 is 17.1. The number of hydrogen-bond acceptors (Lipinski definition) is 14. The zero-order chi connectivity index (χ0) is 31.6. The summed E-state index contributed by atoms with van der Waals surface area (Å²) >= 11 is 11.1. The fourth-order valence-corrected chi connectivity index (χ4v) is 5.77. The number of hydrogen-bond donors (Lipinski definition) is 2. The number of halogens is 2. The van der Waals surface area contributed by atoms with Gasteiger partial charge < -0.3 is 26.4 Å². The molecule has 17 heteroatoms. The third-order valence-corrected chi connectivity index (χ3v) is 8.39. The van der Waals surface area contributed by atoms with Crippen LogP contribution in [0.2, 0.25) is 4.47 Å². The van der Waals surface area contributed by atoms with Gasteiger partial charge in [-0.05, 0) is 40.2 Å². The predicted octanol–water partition coefficient (Wildman–Crippen LogP) is 4.06. The van der Waals surface area contributed by atoms with E-state index in [1.54, 1.807) is 24.9 Å². The van der Waals surface area contributed by atoms with E-state index in [4.69, 9.17) is 41.7 Å². The van der Waals surface area contributed by atoms with Crippen LogP contribution < -0.4 is 50.1 Å². The number of thiazole rings is 2. The van der Waals surface area contributed by atoms with E-state index in [2.05, 4.69) is 46.2 Å². The predicted molar refractivity (Wildman–Crippen MR) is 176 cm³/mol. The number of ether oxygens (including phenoxy) is 2. The molecule has 3 N–H and O–H groups in total. The van der Waals surface area contributed by atoms with Crippen molar-refractivity contribution in [2.45, 2.75) is 12.8 Å². The van der Waals surface area contributed by atoms with Crippen LogP contribution in [0.25, 0.3) is 11.0 Å². The molecule has 12 nitrogen and oxygen atoms in total. The van der Waals surface area contributed by atoms with Crippen LogP contribution >= 0.6 is 50.2 Å². The van der Waals surface area contributed by atoms with Crippen molar-refractivity contribution in [1.82, 2.24) is 24.9 Å². The summed E-state index contributed by atoms with van der Waals surface area (Å²) in [7, 11) is 0. The molecule has 2 aliphatic heterocycles. The van der Waals surface area contributed by atoms with Gasteiger partial charge in [-0.2, -0.15) is 10.5 Å². The van der Waals surface area contributed by atoms with Crippen LogP contribution in [0, 0.1) is 22.7 Å². The average Bonchev–Trinajstić information content (AvgIpc) is 3.89. The molecule has 0 fully saturated rings. The van der Waals surface area contributed by atoms with Crippen LogP contribution in [0.5, 0.6) is 11.5 Å². The summed E-state index contributed by atoms with van der Waals surface area (Å²) in [6, 6.07) is 11.7. The van der Waals surface area contributed by atoms with Gasteiger partial charge in [0, 0.05) is 47.9 Å². The van der Waals surface area contributed by atoms with Crippen molar-refractivity contribution in [1.29, 1.82) is 10.5 Å². The average molecular weight is 747 g/mol. The number of pyridine rings is 3. The summed E-state index contributed by atoms with van der Waals surface area (Å²) in [6.07, 6.45) is 11.7. The Balaban J connectivity index is 0.000000176. The Morgan fingerprint density at radius 3 is 2.15 bits per heavy atom. The molecule has 6 aromatic rings. The van der Waals surface area contributed by atoms with Gasteiger partial charge in [0.15, 0.2) is 38.3 Å². The Kier molecular flexibility index (Phi) is 13.1. The Morgan fingerprint density at radius 2 is 1.52 bits per heavy atom. The first kappa shape index (κ1) is 35.1. The van der Waals surface area contributed by atoms with Crippen LogP contribution in [0.1, 0.15) is 22.3 Å². The molecule has 0 atom stereocenters. The topological polar surface area (TPSA) is 182 Å². The summed E-state index contributed by atoms with van der Waals surface area (Å²) in [4.78, 5) is 21.0. The van der Waals surface area contributed by atoms with Gasteiger partial charge in [0.2, 0.25) is 0 Å². The number of fused-ring (bicyclic) bond motifs is 3. The van der Waals surface area contributed by atoms with Gasteiger partial charge in [0.25, 0.3) is 0 Å². The molecule has 0 saturated heterocycles. The second-order valence-corrected chi connectivity index (χ2v) is 12.2. The molecule has 6 aromatic heterocycles. The third-order valence-electron chi connectivity index (χ3n) is 5.99. The van der Waals surface area contributed by atoms with Crippen molar-refractivity contribution >= 4 is 77.9 Å². The van der Waals surface area contributed by atoms with Crippen molar-refractivity contribution in [2.75, 3.05) is 24.3 Å². The maximum absolute atomic E-state index is 8.72. The number of nitrogens with two attached hydrogens (primary N) is 1. The summed E-state index contributed by atoms with van der Waals surface area (Å²) in [6.45, 7) is 1.43. The molecule has 0 bridgehead atoms. The second-order valence-electron chi connectivity index (χ2n) is 8.83. The van der Waals surface area contributed by atoms with E-state index in [1.807, 2.05) is 36.4 Å². The van der Waals surface area contributed by atoms with E-state index in [0.29, 0.717) is 37.6 Å². The fourth-order valence-electron chi connectivity index (χ4n) is 3.98. The Labute approximate surface area is 308 Å². The van der Waals surface area contributed by atoms with Crippen LogP contribution in [-0.4, -0.2) is 38.1 Å². The molecule has 0 spiro atoms. The molecule has 228 valence electrons. The van der Waals surface area contributed by atoms with E-state index in [0.717, 1.165) is 52.1 Å². The van der Waals surface area contributed by atoms with E-state index in [-0.39, 0.29) is 31.0 Å². The van der Waals surface area contributed by atoms with Gasteiger partial charge in [-0.25, -0.2) is 24.9 Å². The van der Waals surface area contributed by atoms with Gasteiger partial charge in [0.1, 0.15) is 26.5 Å². The second kappa shape index (κ2) is 17.2. The van der Waals surface area contributed by atoms with Crippen molar-refractivity contribution in [3.8, 4) is 23.6 Å². The number of nitrogens with zero attached hydrogens (tertiary/aromatic N) is 7. The van der Waals surface area contributed by atoms with E-state index >= 15 is 0 Å². The molecule has 0 saturated carbocycles. The number of nitrogen functional groups attached to an aromatic ring is 1. The largest absolute Gasteiger partial charge is 1.00 e. The Hall–Kier alpha value is -3.80. The molecule has 2 aliphatic rings. The minimum Gasteiger partial charge on any atom is -1.00 e. The monoisotopic (exact) mass is 745 g/mol. The normalized spacial score (nSPS) is 11.6. The molecule has 0 unspecified atom stereocenters. The van der Waals surface area contributed by atoms with Gasteiger partial charge >= 0.3 is 29.6 Å². The van der Waals surface area contributed by atoms with Crippen molar-refractivity contribution < 1.29 is 44.9 Å². The van der Waals surface area contributed by atoms with Crippen LogP contribution in [0.15, 0.2) is 70.5 Å². The maximum Gasteiger partial charge on any atom is 1.00 e. The van der Waals surface area contributed by atoms with Crippen LogP contribution in [0.3, 0.4) is 0 Å². The number of furan rings is 1. The molecule has 46 heavy (non-hydrogen) atoms. The van der Waals surface area contributed by atoms with E-state index in [1.165, 1.54) is 40.6 Å². The molecule has 0 radical (unpaired) electrons. The first-order valence-corrected chi connectivity index (χ1v) is 15.8. The molecule has 8 heterocycles. The number of aromatic nitrogens is 5. The standard InChI is InChI=1S/C11H8N4OS.C7H4BrNO.C7H8N2O.C4HClN2S.Na.H/c12-5-8-6-14-11(17-8)15-10-9-7(1-3-13-10)2-4-16-9;2*8-7-6-5(1-3-9-7)2-4-10-6;5-4-7-2-3(1-6)8-4;;/h1,3,6H,2,4H2,(H,13,14,15);1-4H;1,3H,2,4H2,(H2,8,9);2H;;/q;;;;+1;-1. The smallest absolute Gasteiger partial charge is 1.00 e. The van der Waals surface area contributed by atoms with Crippen molar-refractivity contribution in [3.63, 3.8) is 0 Å². The third kappa shape index (κ3) is 9.14. The fraction of sp³-hybridized carbons (Fsp3) is 0.138. The zero-order valence-corrected chi connectivity index (χ0v) is 30.1. The summed E-state index contributed by atoms with van der Waals surface area (Å²) in [5.74, 6) is 2.75. The molecular weight excluding hydrogens is 725 g/mol. The minimum absolute atomic E-state index is 0. The first-order chi connectivity index (χ1) is 21.9. The van der Waals surface area contributed by atoms with E-state index in [9.17, 15) is 0 Å². The number of anilines is 3. The Morgan fingerprint density at radius 1 is 0.870 bits per heavy atom.